The van der Waals surface area contributed by atoms with Crippen LogP contribution in [0.2, 0.25) is 0 Å². The number of carboxylic acid groups (broad SMARTS) is 1. The summed E-state index contributed by atoms with van der Waals surface area (Å²) in [5, 5.41) is 12.3. The molecule has 2 atom stereocenters. The Morgan fingerprint density at radius 3 is 2.26 bits per heavy atom. The lowest BCUT2D eigenvalue weighted by Gasteiger charge is -2.34. The highest BCUT2D eigenvalue weighted by Crippen LogP contribution is 2.30. The first-order valence-electron chi connectivity index (χ1n) is 8.47. The van der Waals surface area contributed by atoms with Crippen LogP contribution in [0.25, 0.3) is 0 Å². The van der Waals surface area contributed by atoms with Gasteiger partial charge < -0.3 is 20.1 Å². The molecule has 7 nitrogen and oxygen atoms in total. The van der Waals surface area contributed by atoms with Gasteiger partial charge in [-0.1, -0.05) is 12.8 Å². The van der Waals surface area contributed by atoms with Gasteiger partial charge in [0.15, 0.2) is 0 Å². The van der Waals surface area contributed by atoms with Crippen molar-refractivity contribution in [2.45, 2.75) is 51.5 Å². The molecule has 2 unspecified atom stereocenters. The number of aliphatic carboxylic acids is 1. The molecule has 1 saturated heterocycles. The third-order valence-corrected chi connectivity index (χ3v) is 4.79. The topological polar surface area (TPSA) is 95.9 Å². The summed E-state index contributed by atoms with van der Waals surface area (Å²) in [5.74, 6) is -2.01. The van der Waals surface area contributed by atoms with Gasteiger partial charge in [0.1, 0.15) is 0 Å². The van der Waals surface area contributed by atoms with Gasteiger partial charge in [-0.25, -0.2) is 4.79 Å². The largest absolute Gasteiger partial charge is 0.481 e. The van der Waals surface area contributed by atoms with Crippen LogP contribution in [-0.2, 0) is 14.3 Å². The molecule has 0 aromatic rings. The van der Waals surface area contributed by atoms with Crippen LogP contribution in [0.3, 0.4) is 0 Å². The summed E-state index contributed by atoms with van der Waals surface area (Å²) >= 11 is 0. The lowest BCUT2D eigenvalue weighted by atomic mass is 9.78. The van der Waals surface area contributed by atoms with Crippen LogP contribution in [0.4, 0.5) is 4.79 Å². The van der Waals surface area contributed by atoms with E-state index in [1.165, 1.54) is 0 Å². The SMILES string of the molecule is CCOC(=O)N1CCC(NC(=O)C2CCCCC2C(=O)O)CC1. The Labute approximate surface area is 136 Å². The third kappa shape index (κ3) is 4.59. The van der Waals surface area contributed by atoms with Gasteiger partial charge in [0, 0.05) is 19.1 Å². The smallest absolute Gasteiger partial charge is 0.409 e. The molecular weight excluding hydrogens is 300 g/mol. The fraction of sp³-hybridized carbons (Fsp3) is 0.812. The Bertz CT molecular complexity index is 446. The fourth-order valence-electron chi connectivity index (χ4n) is 3.47. The predicted molar refractivity (Wildman–Crippen MR) is 82.8 cm³/mol. The van der Waals surface area contributed by atoms with E-state index in [1.807, 2.05) is 0 Å². The Morgan fingerprint density at radius 2 is 1.70 bits per heavy atom. The molecule has 1 heterocycles. The number of nitrogens with one attached hydrogen (secondary N) is 1. The van der Waals surface area contributed by atoms with Gasteiger partial charge >= 0.3 is 12.1 Å². The summed E-state index contributed by atoms with van der Waals surface area (Å²) in [6.45, 7) is 3.23. The van der Waals surface area contributed by atoms with Gasteiger partial charge in [-0.3, -0.25) is 9.59 Å². The summed E-state index contributed by atoms with van der Waals surface area (Å²) in [6, 6.07) is 0.00421. The molecular formula is C16H26N2O5. The van der Waals surface area contributed by atoms with Crippen molar-refractivity contribution in [3.63, 3.8) is 0 Å². The first-order chi connectivity index (χ1) is 11.0. The standard InChI is InChI=1S/C16H26N2O5/c1-2-23-16(22)18-9-7-11(8-10-18)17-14(19)12-5-3-4-6-13(12)15(20)21/h11-13H,2-10H2,1H3,(H,17,19)(H,20,21). The summed E-state index contributed by atoms with van der Waals surface area (Å²) in [4.78, 5) is 37.0. The maximum absolute atomic E-state index is 12.4. The van der Waals surface area contributed by atoms with Crippen molar-refractivity contribution >= 4 is 18.0 Å². The normalized spacial score (nSPS) is 25.7. The van der Waals surface area contributed by atoms with Crippen LogP contribution in [0.5, 0.6) is 0 Å². The molecule has 0 aromatic carbocycles. The number of hydrogen-bond donors (Lipinski definition) is 2. The maximum Gasteiger partial charge on any atom is 0.409 e. The lowest BCUT2D eigenvalue weighted by molar-refractivity contribution is -0.149. The van der Waals surface area contributed by atoms with Crippen LogP contribution in [0, 0.1) is 11.8 Å². The van der Waals surface area contributed by atoms with E-state index in [1.54, 1.807) is 11.8 Å². The number of ether oxygens (including phenoxy) is 1. The molecule has 2 amide bonds. The van der Waals surface area contributed by atoms with Gasteiger partial charge in [0.05, 0.1) is 18.4 Å². The number of hydrogen-bond acceptors (Lipinski definition) is 4. The molecule has 7 heteroatoms. The van der Waals surface area contributed by atoms with E-state index in [0.29, 0.717) is 45.4 Å². The van der Waals surface area contributed by atoms with Crippen molar-refractivity contribution in [1.29, 1.82) is 0 Å². The average molecular weight is 326 g/mol. The van der Waals surface area contributed by atoms with Crippen molar-refractivity contribution in [1.82, 2.24) is 10.2 Å². The molecule has 23 heavy (non-hydrogen) atoms. The first kappa shape index (κ1) is 17.6. The van der Waals surface area contributed by atoms with Gasteiger partial charge in [-0.2, -0.15) is 0 Å². The molecule has 2 aliphatic rings. The number of nitrogens with zero attached hydrogens (tertiary/aromatic N) is 1. The van der Waals surface area contributed by atoms with E-state index in [4.69, 9.17) is 4.74 Å². The van der Waals surface area contributed by atoms with Crippen LogP contribution in [-0.4, -0.2) is 53.7 Å². The minimum atomic E-state index is -0.873. The molecule has 0 spiro atoms. The molecule has 2 N–H and O–H groups in total. The summed E-state index contributed by atoms with van der Waals surface area (Å²) in [5.41, 5.74) is 0. The Morgan fingerprint density at radius 1 is 1.09 bits per heavy atom. The minimum Gasteiger partial charge on any atom is -0.481 e. The van der Waals surface area contributed by atoms with Crippen LogP contribution >= 0.6 is 0 Å². The zero-order valence-corrected chi connectivity index (χ0v) is 13.6. The van der Waals surface area contributed by atoms with E-state index >= 15 is 0 Å². The molecule has 1 aliphatic heterocycles. The van der Waals surface area contributed by atoms with E-state index in [0.717, 1.165) is 12.8 Å². The number of carbonyl (C=O) groups excluding carboxylic acids is 2. The highest BCUT2D eigenvalue weighted by Gasteiger charge is 2.36. The lowest BCUT2D eigenvalue weighted by Crippen LogP contribution is -2.49. The minimum absolute atomic E-state index is 0.00421. The van der Waals surface area contributed by atoms with Crippen LogP contribution in [0.1, 0.15) is 45.4 Å². The molecule has 0 bridgehead atoms. The molecule has 1 aliphatic carbocycles. The quantitative estimate of drug-likeness (QED) is 0.818. The van der Waals surface area contributed by atoms with Gasteiger partial charge in [-0.05, 0) is 32.6 Å². The maximum atomic E-state index is 12.4. The summed E-state index contributed by atoms with van der Waals surface area (Å²) in [7, 11) is 0. The van der Waals surface area contributed by atoms with Crippen LogP contribution in [0.15, 0.2) is 0 Å². The fourth-order valence-corrected chi connectivity index (χ4v) is 3.47. The van der Waals surface area contributed by atoms with Gasteiger partial charge in [0.2, 0.25) is 5.91 Å². The van der Waals surface area contributed by atoms with E-state index < -0.39 is 17.8 Å². The van der Waals surface area contributed by atoms with E-state index in [-0.39, 0.29) is 18.0 Å². The van der Waals surface area contributed by atoms with E-state index in [2.05, 4.69) is 5.32 Å². The third-order valence-electron chi connectivity index (χ3n) is 4.79. The number of carboxylic acids is 1. The highest BCUT2D eigenvalue weighted by molar-refractivity contribution is 5.85. The second kappa shape index (κ2) is 8.17. The molecule has 2 rings (SSSR count). The number of piperidine rings is 1. The molecule has 1 saturated carbocycles. The van der Waals surface area contributed by atoms with Gasteiger partial charge in [-0.15, -0.1) is 0 Å². The predicted octanol–water partition coefficient (Wildman–Crippen LogP) is 1.61. The molecule has 0 radical (unpaired) electrons. The zero-order valence-electron chi connectivity index (χ0n) is 13.6. The number of rotatable bonds is 4. The summed E-state index contributed by atoms with van der Waals surface area (Å²) < 4.78 is 4.97. The summed E-state index contributed by atoms with van der Waals surface area (Å²) in [6.07, 6.45) is 4.04. The first-order valence-corrected chi connectivity index (χ1v) is 8.47. The monoisotopic (exact) mass is 326 g/mol. The Hall–Kier alpha value is -1.79. The number of carbonyl (C=O) groups is 3. The molecule has 0 aromatic heterocycles. The number of likely N-dealkylation sites (tertiary alicyclic amines) is 1. The Balaban J connectivity index is 1.82. The van der Waals surface area contributed by atoms with E-state index in [9.17, 15) is 19.5 Å². The Kier molecular flexibility index (Phi) is 6.24. The van der Waals surface area contributed by atoms with Crippen molar-refractivity contribution in [3.8, 4) is 0 Å². The average Bonchev–Trinajstić information content (AvgIpc) is 2.55. The van der Waals surface area contributed by atoms with Gasteiger partial charge in [0.25, 0.3) is 0 Å². The van der Waals surface area contributed by atoms with Crippen molar-refractivity contribution in [3.05, 3.63) is 0 Å². The van der Waals surface area contributed by atoms with Crippen molar-refractivity contribution in [2.24, 2.45) is 11.8 Å². The second-order valence-electron chi connectivity index (χ2n) is 6.30. The van der Waals surface area contributed by atoms with Crippen LogP contribution < -0.4 is 5.32 Å². The molecule has 2 fully saturated rings. The highest BCUT2D eigenvalue weighted by atomic mass is 16.6. The molecule has 130 valence electrons. The number of amides is 2. The van der Waals surface area contributed by atoms with Crippen molar-refractivity contribution < 1.29 is 24.2 Å². The van der Waals surface area contributed by atoms with Crippen molar-refractivity contribution in [2.75, 3.05) is 19.7 Å². The second-order valence-corrected chi connectivity index (χ2v) is 6.30. The zero-order chi connectivity index (χ0) is 16.8.